The molecule has 1 aromatic heterocycles. The van der Waals surface area contributed by atoms with Gasteiger partial charge in [0.2, 0.25) is 5.91 Å². The molecule has 2 heterocycles. The number of hydrogen-bond acceptors (Lipinski definition) is 5. The zero-order valence-corrected chi connectivity index (χ0v) is 12.0. The van der Waals surface area contributed by atoms with Crippen LogP contribution in [0.4, 0.5) is 0 Å². The number of nitrogens with zero attached hydrogens (tertiary/aromatic N) is 3. The maximum Gasteiger partial charge on any atom is 0.225 e. The summed E-state index contributed by atoms with van der Waals surface area (Å²) in [6.45, 7) is 5.22. The maximum atomic E-state index is 12.1. The summed E-state index contributed by atoms with van der Waals surface area (Å²) in [5, 5.41) is 20.8. The molecule has 1 amide bonds. The molecule has 1 aromatic rings. The van der Waals surface area contributed by atoms with E-state index < -0.39 is 5.60 Å². The van der Waals surface area contributed by atoms with Gasteiger partial charge in [-0.1, -0.05) is 0 Å². The second-order valence-corrected chi connectivity index (χ2v) is 5.48. The Morgan fingerprint density at radius 1 is 1.65 bits per heavy atom. The lowest BCUT2D eigenvalue weighted by atomic mass is 9.90. The van der Waals surface area contributed by atoms with Crippen LogP contribution in [0.3, 0.4) is 0 Å². The number of β-amino-alcohol motifs (C(OH)–C–C–N with tert-alkyl or cyclic N) is 1. The molecule has 7 nitrogen and oxygen atoms in total. The van der Waals surface area contributed by atoms with E-state index in [2.05, 4.69) is 15.4 Å². The Labute approximate surface area is 118 Å². The largest absolute Gasteiger partial charge is 0.382 e. The van der Waals surface area contributed by atoms with E-state index in [0.29, 0.717) is 31.7 Å². The van der Waals surface area contributed by atoms with Gasteiger partial charge in [0.05, 0.1) is 31.9 Å². The predicted molar refractivity (Wildman–Crippen MR) is 71.8 cm³/mol. The van der Waals surface area contributed by atoms with E-state index >= 15 is 0 Å². The second kappa shape index (κ2) is 6.32. The highest BCUT2D eigenvalue weighted by Gasteiger charge is 2.38. The monoisotopic (exact) mass is 282 g/mol. The average molecular weight is 282 g/mol. The van der Waals surface area contributed by atoms with Crippen LogP contribution in [-0.4, -0.2) is 57.1 Å². The van der Waals surface area contributed by atoms with Crippen LogP contribution < -0.4 is 0 Å². The minimum Gasteiger partial charge on any atom is -0.382 e. The van der Waals surface area contributed by atoms with Crippen LogP contribution in [0, 0.1) is 0 Å². The highest BCUT2D eigenvalue weighted by Crippen LogP contribution is 2.29. The third-order valence-corrected chi connectivity index (χ3v) is 3.48. The summed E-state index contributed by atoms with van der Waals surface area (Å²) >= 11 is 0. The zero-order chi connectivity index (χ0) is 14.6. The number of carbonyl (C=O) groups excluding carboxylic acids is 1. The van der Waals surface area contributed by atoms with Crippen molar-refractivity contribution in [3.8, 4) is 0 Å². The molecule has 1 atom stereocenters. The van der Waals surface area contributed by atoms with Crippen LogP contribution in [0.5, 0.6) is 0 Å². The minimum absolute atomic E-state index is 0.00673. The molecule has 2 N–H and O–H groups in total. The van der Waals surface area contributed by atoms with Gasteiger partial charge in [0.15, 0.2) is 0 Å². The van der Waals surface area contributed by atoms with E-state index in [-0.39, 0.29) is 18.6 Å². The Balaban J connectivity index is 1.91. The Morgan fingerprint density at radius 3 is 3.10 bits per heavy atom. The lowest BCUT2D eigenvalue weighted by molar-refractivity contribution is -0.140. The number of aromatic nitrogens is 3. The first kappa shape index (κ1) is 14.9. The van der Waals surface area contributed by atoms with Crippen molar-refractivity contribution >= 4 is 5.91 Å². The van der Waals surface area contributed by atoms with E-state index in [9.17, 15) is 9.90 Å². The van der Waals surface area contributed by atoms with E-state index in [1.54, 1.807) is 4.90 Å². The fourth-order valence-corrected chi connectivity index (χ4v) is 2.42. The van der Waals surface area contributed by atoms with Gasteiger partial charge in [-0.3, -0.25) is 4.79 Å². The molecule has 1 aliphatic heterocycles. The van der Waals surface area contributed by atoms with Gasteiger partial charge in [-0.25, -0.2) is 0 Å². The number of ether oxygens (including phenoxy) is 1. The van der Waals surface area contributed by atoms with Gasteiger partial charge in [0.25, 0.3) is 0 Å². The molecule has 20 heavy (non-hydrogen) atoms. The summed E-state index contributed by atoms with van der Waals surface area (Å²) in [4.78, 5) is 13.8. The lowest BCUT2D eigenvalue weighted by Crippen LogP contribution is -2.49. The number of amides is 1. The topological polar surface area (TPSA) is 91.3 Å². The summed E-state index contributed by atoms with van der Waals surface area (Å²) in [6.07, 6.45) is 3.31. The normalized spacial score (nSPS) is 23.3. The smallest absolute Gasteiger partial charge is 0.225 e. The SMILES string of the molecule is CC(C)OCCC(=O)N1CCC[C@](O)(c2cn[nH]n2)C1. The fourth-order valence-electron chi connectivity index (χ4n) is 2.42. The number of hydrogen-bond donors (Lipinski definition) is 2. The molecule has 0 bridgehead atoms. The number of likely N-dealkylation sites (tertiary alicyclic amines) is 1. The number of nitrogens with one attached hydrogen (secondary N) is 1. The lowest BCUT2D eigenvalue weighted by Gasteiger charge is -2.38. The van der Waals surface area contributed by atoms with Gasteiger partial charge < -0.3 is 14.7 Å². The summed E-state index contributed by atoms with van der Waals surface area (Å²) in [6, 6.07) is 0. The summed E-state index contributed by atoms with van der Waals surface area (Å²) in [7, 11) is 0. The quantitative estimate of drug-likeness (QED) is 0.817. The van der Waals surface area contributed by atoms with Crippen molar-refractivity contribution in [1.29, 1.82) is 0 Å². The third kappa shape index (κ3) is 3.55. The first-order valence-corrected chi connectivity index (χ1v) is 6.99. The Kier molecular flexibility index (Phi) is 4.72. The van der Waals surface area contributed by atoms with E-state index in [1.165, 1.54) is 6.20 Å². The summed E-state index contributed by atoms with van der Waals surface area (Å²) < 4.78 is 5.39. The number of carbonyl (C=O) groups is 1. The van der Waals surface area contributed by atoms with Gasteiger partial charge in [-0.05, 0) is 26.7 Å². The molecule has 2 rings (SSSR count). The second-order valence-electron chi connectivity index (χ2n) is 5.48. The van der Waals surface area contributed by atoms with Crippen molar-refractivity contribution in [2.75, 3.05) is 19.7 Å². The predicted octanol–water partition coefficient (Wildman–Crippen LogP) is 0.430. The van der Waals surface area contributed by atoms with Gasteiger partial charge in [0.1, 0.15) is 11.3 Å². The third-order valence-electron chi connectivity index (χ3n) is 3.48. The Hall–Kier alpha value is -1.47. The van der Waals surface area contributed by atoms with Crippen LogP contribution in [-0.2, 0) is 15.1 Å². The maximum absolute atomic E-state index is 12.1. The summed E-state index contributed by atoms with van der Waals surface area (Å²) in [5.41, 5.74) is -0.603. The Bertz CT molecular complexity index is 435. The van der Waals surface area contributed by atoms with Crippen LogP contribution in [0.25, 0.3) is 0 Å². The molecule has 0 aromatic carbocycles. The first-order chi connectivity index (χ1) is 9.51. The molecule has 0 unspecified atom stereocenters. The molecule has 1 aliphatic rings. The number of H-pyrrole nitrogens is 1. The van der Waals surface area contributed by atoms with Crippen molar-refractivity contribution in [2.45, 2.75) is 44.8 Å². The van der Waals surface area contributed by atoms with Crippen molar-refractivity contribution in [3.63, 3.8) is 0 Å². The minimum atomic E-state index is -1.10. The van der Waals surface area contributed by atoms with E-state index in [0.717, 1.165) is 6.42 Å². The molecule has 0 aliphatic carbocycles. The van der Waals surface area contributed by atoms with E-state index in [1.807, 2.05) is 13.8 Å². The fraction of sp³-hybridized carbons (Fsp3) is 0.769. The van der Waals surface area contributed by atoms with Crippen LogP contribution in [0.1, 0.15) is 38.8 Å². The molecule has 0 radical (unpaired) electrons. The van der Waals surface area contributed by atoms with Gasteiger partial charge >= 0.3 is 0 Å². The number of rotatable bonds is 5. The molecule has 1 saturated heterocycles. The Morgan fingerprint density at radius 2 is 2.45 bits per heavy atom. The van der Waals surface area contributed by atoms with Gasteiger partial charge in [0, 0.05) is 6.54 Å². The van der Waals surface area contributed by atoms with Crippen LogP contribution in [0.2, 0.25) is 0 Å². The zero-order valence-electron chi connectivity index (χ0n) is 12.0. The number of aliphatic hydroxyl groups is 1. The standard InChI is InChI=1S/C13H22N4O3/c1-10(2)20-7-4-12(18)17-6-3-5-13(19,9-17)11-8-14-16-15-11/h8,10,19H,3-7,9H2,1-2H3,(H,14,15,16)/t13-/m1/s1. The number of piperidine rings is 1. The van der Waals surface area contributed by atoms with Gasteiger partial charge in [-0.2, -0.15) is 15.4 Å². The number of aromatic amines is 1. The molecule has 0 spiro atoms. The van der Waals surface area contributed by atoms with Crippen LogP contribution >= 0.6 is 0 Å². The molecule has 7 heteroatoms. The van der Waals surface area contributed by atoms with Crippen molar-refractivity contribution < 1.29 is 14.6 Å². The van der Waals surface area contributed by atoms with Crippen molar-refractivity contribution in [1.82, 2.24) is 20.3 Å². The highest BCUT2D eigenvalue weighted by atomic mass is 16.5. The first-order valence-electron chi connectivity index (χ1n) is 6.99. The summed E-state index contributed by atoms with van der Waals surface area (Å²) in [5.74, 6) is 0.00673. The molecular weight excluding hydrogens is 260 g/mol. The van der Waals surface area contributed by atoms with E-state index in [4.69, 9.17) is 4.74 Å². The highest BCUT2D eigenvalue weighted by molar-refractivity contribution is 5.76. The van der Waals surface area contributed by atoms with Crippen LogP contribution in [0.15, 0.2) is 6.20 Å². The van der Waals surface area contributed by atoms with Crippen molar-refractivity contribution in [3.05, 3.63) is 11.9 Å². The average Bonchev–Trinajstić information content (AvgIpc) is 2.93. The molecule has 0 saturated carbocycles. The molecule has 1 fully saturated rings. The van der Waals surface area contributed by atoms with Gasteiger partial charge in [-0.15, -0.1) is 0 Å². The molecular formula is C13H22N4O3. The van der Waals surface area contributed by atoms with Crippen molar-refractivity contribution in [2.24, 2.45) is 0 Å². The molecule has 112 valence electrons.